The number of benzene rings is 2. The summed E-state index contributed by atoms with van der Waals surface area (Å²) in [5.41, 5.74) is 4.83. The van der Waals surface area contributed by atoms with Crippen LogP contribution < -0.4 is 5.32 Å². The minimum absolute atomic E-state index is 0.234. The molecule has 41 heavy (non-hydrogen) atoms. The third kappa shape index (κ3) is 7.18. The third-order valence-electron chi connectivity index (χ3n) is 9.51. The minimum atomic E-state index is 0.234. The molecule has 3 aromatic rings. The molecule has 0 saturated heterocycles. The van der Waals surface area contributed by atoms with E-state index < -0.39 is 0 Å². The van der Waals surface area contributed by atoms with E-state index >= 15 is 0 Å². The van der Waals surface area contributed by atoms with Crippen LogP contribution in [0.1, 0.15) is 81.4 Å². The van der Waals surface area contributed by atoms with Gasteiger partial charge in [-0.05, 0) is 118 Å². The van der Waals surface area contributed by atoms with Gasteiger partial charge in [0.1, 0.15) is 11.4 Å². The number of phenols is 1. The predicted molar refractivity (Wildman–Crippen MR) is 171 cm³/mol. The molecule has 2 unspecified atom stereocenters. The maximum atomic E-state index is 10.4. The van der Waals surface area contributed by atoms with E-state index in [2.05, 4.69) is 62.1 Å². The molecular formula is C36H51N3O2. The number of carbonyl (C=O) groups excluding carboxylic acids is 1. The van der Waals surface area contributed by atoms with E-state index in [-0.39, 0.29) is 5.41 Å². The zero-order chi connectivity index (χ0) is 29.6. The molecule has 3 aliphatic carbocycles. The number of hydrogen-bond acceptors (Lipinski definition) is 5. The maximum Gasteiger partial charge on any atom is 0.168 e. The van der Waals surface area contributed by atoms with Gasteiger partial charge in [-0.1, -0.05) is 58.0 Å². The largest absolute Gasteiger partial charge is 0.508 e. The van der Waals surface area contributed by atoms with Crippen molar-refractivity contribution in [3.05, 3.63) is 71.4 Å². The monoisotopic (exact) mass is 557 g/mol. The van der Waals surface area contributed by atoms with Gasteiger partial charge in [-0.3, -0.25) is 4.79 Å². The lowest BCUT2D eigenvalue weighted by Gasteiger charge is -2.45. The molecule has 3 aliphatic rings. The highest BCUT2D eigenvalue weighted by molar-refractivity contribution is 5.83. The Morgan fingerprint density at radius 3 is 2.44 bits per heavy atom. The molecule has 0 bridgehead atoms. The first-order chi connectivity index (χ1) is 19.6. The average Bonchev–Trinajstić information content (AvgIpc) is 3.65. The van der Waals surface area contributed by atoms with Crippen molar-refractivity contribution < 1.29 is 9.90 Å². The zero-order valence-corrected chi connectivity index (χ0v) is 26.1. The van der Waals surface area contributed by atoms with Gasteiger partial charge in [0.05, 0.1) is 5.52 Å². The summed E-state index contributed by atoms with van der Waals surface area (Å²) >= 11 is 0. The molecule has 1 heterocycles. The number of fused-ring (bicyclic) bond motifs is 3. The summed E-state index contributed by atoms with van der Waals surface area (Å²) in [4.78, 5) is 17.1. The maximum absolute atomic E-state index is 10.4. The number of aldehydes is 1. The van der Waals surface area contributed by atoms with Crippen LogP contribution in [0.2, 0.25) is 0 Å². The van der Waals surface area contributed by atoms with Crippen LogP contribution in [-0.2, 0) is 11.8 Å². The molecule has 5 nitrogen and oxygen atoms in total. The first-order valence-electron chi connectivity index (χ1n) is 15.6. The molecule has 5 heteroatoms. The number of hydrogen-bond donors (Lipinski definition) is 2. The number of aromatic nitrogens is 1. The van der Waals surface area contributed by atoms with Crippen molar-refractivity contribution in [2.45, 2.75) is 71.6 Å². The SMILES string of the molecule is CCCNC.C[C@H]1CC(C)(C)C2(C1)c1cc(O)ccc1CC2CN(C)CC1CC1.O=Cc1ccc2ccccc2n1. The average molecular weight is 558 g/mol. The van der Waals surface area contributed by atoms with Crippen LogP contribution >= 0.6 is 0 Å². The smallest absolute Gasteiger partial charge is 0.168 e. The fraction of sp³-hybridized carbons (Fsp3) is 0.556. The minimum Gasteiger partial charge on any atom is -0.508 e. The second kappa shape index (κ2) is 13.5. The molecular weight excluding hydrogens is 506 g/mol. The highest BCUT2D eigenvalue weighted by Crippen LogP contribution is 2.64. The fourth-order valence-corrected chi connectivity index (χ4v) is 7.77. The van der Waals surface area contributed by atoms with E-state index in [4.69, 9.17) is 0 Å². The number of aromatic hydroxyl groups is 1. The molecule has 2 fully saturated rings. The number of phenolic OH excluding ortho intramolecular Hbond substituents is 1. The lowest BCUT2D eigenvalue weighted by molar-refractivity contribution is 0.107. The Balaban J connectivity index is 0.000000189. The Hall–Kier alpha value is -2.76. The number of nitrogens with zero attached hydrogens (tertiary/aromatic N) is 2. The van der Waals surface area contributed by atoms with Gasteiger partial charge in [-0.25, -0.2) is 4.98 Å². The van der Waals surface area contributed by atoms with E-state index in [0.717, 1.165) is 35.6 Å². The van der Waals surface area contributed by atoms with Crippen LogP contribution in [0, 0.1) is 23.2 Å². The van der Waals surface area contributed by atoms with E-state index in [1.807, 2.05) is 43.4 Å². The Morgan fingerprint density at radius 1 is 1.07 bits per heavy atom. The van der Waals surface area contributed by atoms with Gasteiger partial charge in [-0.2, -0.15) is 0 Å². The summed E-state index contributed by atoms with van der Waals surface area (Å²) in [5, 5.41) is 14.2. The topological polar surface area (TPSA) is 65.5 Å². The van der Waals surface area contributed by atoms with Gasteiger partial charge < -0.3 is 15.3 Å². The number of pyridine rings is 1. The second-order valence-electron chi connectivity index (χ2n) is 13.4. The van der Waals surface area contributed by atoms with Gasteiger partial charge in [0.15, 0.2) is 6.29 Å². The van der Waals surface area contributed by atoms with Crippen molar-refractivity contribution in [3.8, 4) is 5.75 Å². The predicted octanol–water partition coefficient (Wildman–Crippen LogP) is 7.26. The molecule has 6 rings (SSSR count). The molecule has 2 N–H and O–H groups in total. The number of carbonyl (C=O) groups is 1. The number of para-hydroxylation sites is 1. The van der Waals surface area contributed by atoms with E-state index in [1.54, 1.807) is 6.07 Å². The highest BCUT2D eigenvalue weighted by Gasteiger charge is 2.59. The van der Waals surface area contributed by atoms with Crippen molar-refractivity contribution in [1.82, 2.24) is 15.2 Å². The van der Waals surface area contributed by atoms with Gasteiger partial charge in [0, 0.05) is 23.9 Å². The molecule has 3 atom stereocenters. The molecule has 1 spiro atoms. The Labute approximate surface area is 247 Å². The molecule has 2 saturated carbocycles. The molecule has 0 amide bonds. The van der Waals surface area contributed by atoms with Crippen LogP contribution in [-0.4, -0.2) is 55.0 Å². The van der Waals surface area contributed by atoms with Crippen LogP contribution in [0.15, 0.2) is 54.6 Å². The van der Waals surface area contributed by atoms with Crippen LogP contribution in [0.3, 0.4) is 0 Å². The summed E-state index contributed by atoms with van der Waals surface area (Å²) in [6, 6.07) is 17.5. The van der Waals surface area contributed by atoms with Crippen molar-refractivity contribution in [3.63, 3.8) is 0 Å². The summed E-state index contributed by atoms with van der Waals surface area (Å²) in [7, 11) is 4.28. The normalized spacial score (nSPS) is 24.0. The standard InChI is InChI=1S/C22H33NO.C10H7NO.C4H11N/c1-15-11-21(2,3)22(12-15)18(14-23(4)13-16-5-6-16)9-17-7-8-19(24)10-20(17)22;12-7-9-6-5-8-3-1-2-4-10(8)11-9;1-3-4-5-2/h7-8,10,15-16,18,24H,5-6,9,11-14H2,1-4H3;1-7H;5H,3-4H2,1-2H3/t15-,18?,22?;;/m0../s1. The molecule has 2 aromatic carbocycles. The zero-order valence-electron chi connectivity index (χ0n) is 26.1. The van der Waals surface area contributed by atoms with Gasteiger partial charge in [0.25, 0.3) is 0 Å². The number of rotatable bonds is 7. The van der Waals surface area contributed by atoms with Crippen LogP contribution in [0.5, 0.6) is 5.75 Å². The van der Waals surface area contributed by atoms with Crippen LogP contribution in [0.4, 0.5) is 0 Å². The quantitative estimate of drug-likeness (QED) is 0.299. The van der Waals surface area contributed by atoms with Crippen molar-refractivity contribution >= 4 is 17.2 Å². The molecule has 0 aliphatic heterocycles. The van der Waals surface area contributed by atoms with Crippen molar-refractivity contribution in [2.24, 2.45) is 23.2 Å². The van der Waals surface area contributed by atoms with Gasteiger partial charge in [0.2, 0.25) is 0 Å². The summed E-state index contributed by atoms with van der Waals surface area (Å²) in [5.74, 6) is 2.84. The second-order valence-corrected chi connectivity index (χ2v) is 13.4. The summed E-state index contributed by atoms with van der Waals surface area (Å²) in [6.07, 6.45) is 8.60. The highest BCUT2D eigenvalue weighted by atomic mass is 16.3. The molecule has 0 radical (unpaired) electrons. The van der Waals surface area contributed by atoms with E-state index in [1.165, 1.54) is 62.7 Å². The first-order valence-corrected chi connectivity index (χ1v) is 15.6. The Morgan fingerprint density at radius 2 is 1.83 bits per heavy atom. The third-order valence-corrected chi connectivity index (χ3v) is 9.51. The summed E-state index contributed by atoms with van der Waals surface area (Å²) in [6.45, 7) is 13.1. The van der Waals surface area contributed by atoms with E-state index in [0.29, 0.717) is 22.8 Å². The van der Waals surface area contributed by atoms with Gasteiger partial charge >= 0.3 is 0 Å². The van der Waals surface area contributed by atoms with Gasteiger partial charge in [-0.15, -0.1) is 0 Å². The van der Waals surface area contributed by atoms with E-state index in [9.17, 15) is 9.90 Å². The molecule has 1 aromatic heterocycles. The Bertz CT molecular complexity index is 1300. The molecule has 222 valence electrons. The lowest BCUT2D eigenvalue weighted by Crippen LogP contribution is -2.46. The lowest BCUT2D eigenvalue weighted by atomic mass is 9.60. The Kier molecular flexibility index (Phi) is 10.3. The van der Waals surface area contributed by atoms with Crippen molar-refractivity contribution in [1.29, 1.82) is 0 Å². The number of nitrogens with one attached hydrogen (secondary N) is 1. The van der Waals surface area contributed by atoms with Crippen molar-refractivity contribution in [2.75, 3.05) is 33.7 Å². The first kappa shape index (κ1) is 31.2. The summed E-state index contributed by atoms with van der Waals surface area (Å²) < 4.78 is 0. The fourth-order valence-electron chi connectivity index (χ4n) is 7.77. The van der Waals surface area contributed by atoms with Crippen LogP contribution in [0.25, 0.3) is 10.9 Å².